The third-order valence-corrected chi connectivity index (χ3v) is 3.55. The van der Waals surface area contributed by atoms with Crippen molar-refractivity contribution >= 4 is 11.9 Å². The van der Waals surface area contributed by atoms with E-state index in [-0.39, 0.29) is 17.7 Å². The second kappa shape index (κ2) is 8.26. The number of carbonyl (C=O) groups is 1. The third kappa shape index (κ3) is 6.32. The molecule has 25 heavy (non-hydrogen) atoms. The van der Waals surface area contributed by atoms with Crippen molar-refractivity contribution in [3.63, 3.8) is 0 Å². The predicted molar refractivity (Wildman–Crippen MR) is 92.5 cm³/mol. The first-order valence-corrected chi connectivity index (χ1v) is 8.13. The lowest BCUT2D eigenvalue weighted by molar-refractivity contribution is -0.000771. The molecule has 0 aliphatic carbocycles. The fourth-order valence-corrected chi connectivity index (χ4v) is 2.48. The number of carbonyl (C=O) groups excluding carboxylic acids is 1. The standard InChI is InChI=1S/C17H25FN4O3/c1-17(2,3)25-16(23)21-20-15(19)10-22-8-9-24-11-14(22)12-4-6-13(18)7-5-12/h4-7,14H,8-11H2,1-3H3,(H2,19,20)(H,21,23)/t14-/m1/s1. The summed E-state index contributed by atoms with van der Waals surface area (Å²) in [5.74, 6) is -0.0328. The first-order chi connectivity index (χ1) is 11.7. The summed E-state index contributed by atoms with van der Waals surface area (Å²) in [5, 5.41) is 3.87. The molecule has 1 aromatic rings. The molecular formula is C17H25FN4O3. The summed E-state index contributed by atoms with van der Waals surface area (Å²) in [6, 6.07) is 6.25. The van der Waals surface area contributed by atoms with Crippen molar-refractivity contribution in [1.82, 2.24) is 10.3 Å². The summed E-state index contributed by atoms with van der Waals surface area (Å²) in [6.07, 6.45) is -0.660. The number of rotatable bonds is 4. The average molecular weight is 352 g/mol. The fourth-order valence-electron chi connectivity index (χ4n) is 2.48. The van der Waals surface area contributed by atoms with Gasteiger partial charge in [-0.2, -0.15) is 5.10 Å². The van der Waals surface area contributed by atoms with Crippen LogP contribution in [0.5, 0.6) is 0 Å². The number of benzene rings is 1. The maximum absolute atomic E-state index is 13.1. The van der Waals surface area contributed by atoms with Crippen molar-refractivity contribution < 1.29 is 18.7 Å². The van der Waals surface area contributed by atoms with Crippen LogP contribution in [0.2, 0.25) is 0 Å². The van der Waals surface area contributed by atoms with Crippen molar-refractivity contribution in [3.8, 4) is 0 Å². The van der Waals surface area contributed by atoms with E-state index >= 15 is 0 Å². The number of hydrogen-bond acceptors (Lipinski definition) is 5. The summed E-state index contributed by atoms with van der Waals surface area (Å²) in [5.41, 5.74) is 8.54. The molecule has 2 rings (SSSR count). The van der Waals surface area contributed by atoms with Gasteiger partial charge in [0.05, 0.1) is 25.8 Å². The zero-order valence-corrected chi connectivity index (χ0v) is 14.8. The fraction of sp³-hybridized carbons (Fsp3) is 0.529. The third-order valence-electron chi connectivity index (χ3n) is 3.55. The molecule has 1 aliphatic rings. The Bertz CT molecular complexity index is 613. The highest BCUT2D eigenvalue weighted by atomic mass is 19.1. The molecule has 1 amide bonds. The minimum absolute atomic E-state index is 0.0513. The molecule has 0 aromatic heterocycles. The minimum atomic E-state index is -0.660. The molecule has 0 unspecified atom stereocenters. The molecule has 138 valence electrons. The number of morpholine rings is 1. The quantitative estimate of drug-likeness (QED) is 0.491. The van der Waals surface area contributed by atoms with E-state index in [1.165, 1.54) is 12.1 Å². The summed E-state index contributed by atoms with van der Waals surface area (Å²) >= 11 is 0. The smallest absolute Gasteiger partial charge is 0.428 e. The van der Waals surface area contributed by atoms with Crippen molar-refractivity contribution in [2.45, 2.75) is 32.4 Å². The molecule has 0 spiro atoms. The molecule has 0 saturated carbocycles. The Labute approximate surface area is 147 Å². The lowest BCUT2D eigenvalue weighted by Gasteiger charge is -2.35. The molecule has 1 saturated heterocycles. The van der Waals surface area contributed by atoms with E-state index in [1.807, 2.05) is 0 Å². The van der Waals surface area contributed by atoms with E-state index in [4.69, 9.17) is 15.2 Å². The van der Waals surface area contributed by atoms with Crippen LogP contribution < -0.4 is 11.2 Å². The van der Waals surface area contributed by atoms with Crippen molar-refractivity contribution in [2.24, 2.45) is 10.8 Å². The van der Waals surface area contributed by atoms with Crippen LogP contribution in [-0.2, 0) is 9.47 Å². The highest BCUT2D eigenvalue weighted by molar-refractivity contribution is 5.83. The molecular weight excluding hydrogens is 327 g/mol. The van der Waals surface area contributed by atoms with Gasteiger partial charge in [-0.25, -0.2) is 14.6 Å². The Morgan fingerprint density at radius 3 is 2.76 bits per heavy atom. The van der Waals surface area contributed by atoms with Crippen LogP contribution in [0.15, 0.2) is 29.4 Å². The monoisotopic (exact) mass is 352 g/mol. The van der Waals surface area contributed by atoms with Gasteiger partial charge in [-0.3, -0.25) is 4.90 Å². The molecule has 8 heteroatoms. The molecule has 1 aromatic carbocycles. The predicted octanol–water partition coefficient (Wildman–Crippen LogP) is 2.00. The lowest BCUT2D eigenvalue weighted by Crippen LogP contribution is -2.44. The Balaban J connectivity index is 1.97. The van der Waals surface area contributed by atoms with Crippen LogP contribution in [0, 0.1) is 5.82 Å². The van der Waals surface area contributed by atoms with E-state index in [0.717, 1.165) is 5.56 Å². The Kier molecular flexibility index (Phi) is 6.33. The second-order valence-corrected chi connectivity index (χ2v) is 6.83. The maximum atomic E-state index is 13.1. The van der Waals surface area contributed by atoms with Crippen molar-refractivity contribution in [3.05, 3.63) is 35.6 Å². The largest absolute Gasteiger partial charge is 0.443 e. The molecule has 1 heterocycles. The van der Waals surface area contributed by atoms with Gasteiger partial charge in [0.25, 0.3) is 0 Å². The van der Waals surface area contributed by atoms with Gasteiger partial charge in [-0.1, -0.05) is 12.1 Å². The van der Waals surface area contributed by atoms with Gasteiger partial charge in [-0.15, -0.1) is 0 Å². The van der Waals surface area contributed by atoms with Crippen LogP contribution in [0.3, 0.4) is 0 Å². The number of nitrogens with two attached hydrogens (primary N) is 1. The Morgan fingerprint density at radius 2 is 2.12 bits per heavy atom. The number of amidine groups is 1. The van der Waals surface area contributed by atoms with Crippen LogP contribution in [0.4, 0.5) is 9.18 Å². The first kappa shape index (κ1) is 19.1. The summed E-state index contributed by atoms with van der Waals surface area (Å²) in [4.78, 5) is 13.7. The summed E-state index contributed by atoms with van der Waals surface area (Å²) < 4.78 is 23.7. The first-order valence-electron chi connectivity index (χ1n) is 8.13. The average Bonchev–Trinajstić information content (AvgIpc) is 2.53. The van der Waals surface area contributed by atoms with E-state index in [0.29, 0.717) is 26.3 Å². The highest BCUT2D eigenvalue weighted by Gasteiger charge is 2.25. The Hall–Kier alpha value is -2.19. The van der Waals surface area contributed by atoms with Gasteiger partial charge >= 0.3 is 6.09 Å². The number of nitrogens with one attached hydrogen (secondary N) is 1. The van der Waals surface area contributed by atoms with Gasteiger partial charge < -0.3 is 15.2 Å². The van der Waals surface area contributed by atoms with Gasteiger partial charge in [0.15, 0.2) is 0 Å². The summed E-state index contributed by atoms with van der Waals surface area (Å²) in [6.45, 7) is 7.36. The van der Waals surface area contributed by atoms with E-state index < -0.39 is 11.7 Å². The number of ether oxygens (including phenoxy) is 2. The number of halogens is 1. The van der Waals surface area contributed by atoms with E-state index in [2.05, 4.69) is 15.4 Å². The van der Waals surface area contributed by atoms with E-state index in [1.54, 1.807) is 32.9 Å². The number of nitrogens with zero attached hydrogens (tertiary/aromatic N) is 2. The normalized spacial score (nSPS) is 19.5. The topological polar surface area (TPSA) is 89.2 Å². The van der Waals surface area contributed by atoms with Gasteiger partial charge in [0.1, 0.15) is 17.3 Å². The zero-order chi connectivity index (χ0) is 18.4. The van der Waals surface area contributed by atoms with Crippen LogP contribution in [-0.4, -0.2) is 48.7 Å². The molecule has 3 N–H and O–H groups in total. The van der Waals surface area contributed by atoms with Crippen molar-refractivity contribution in [1.29, 1.82) is 0 Å². The zero-order valence-electron chi connectivity index (χ0n) is 14.8. The number of hydrogen-bond donors (Lipinski definition) is 2. The molecule has 7 nitrogen and oxygen atoms in total. The number of amides is 1. The Morgan fingerprint density at radius 1 is 1.44 bits per heavy atom. The molecule has 0 bridgehead atoms. The van der Waals surface area contributed by atoms with E-state index in [9.17, 15) is 9.18 Å². The van der Waals surface area contributed by atoms with Gasteiger partial charge in [0, 0.05) is 6.54 Å². The van der Waals surface area contributed by atoms with Crippen LogP contribution in [0.25, 0.3) is 0 Å². The minimum Gasteiger partial charge on any atom is -0.443 e. The van der Waals surface area contributed by atoms with Crippen LogP contribution in [0.1, 0.15) is 32.4 Å². The van der Waals surface area contributed by atoms with Crippen LogP contribution >= 0.6 is 0 Å². The molecule has 1 fully saturated rings. The summed E-state index contributed by atoms with van der Waals surface area (Å²) in [7, 11) is 0. The van der Waals surface area contributed by atoms with Crippen molar-refractivity contribution in [2.75, 3.05) is 26.3 Å². The second-order valence-electron chi connectivity index (χ2n) is 6.83. The SMILES string of the molecule is CC(C)(C)OC(=O)N/N=C(\N)CN1CCOC[C@@H]1c1ccc(F)cc1. The van der Waals surface area contributed by atoms with Gasteiger partial charge in [0.2, 0.25) is 0 Å². The maximum Gasteiger partial charge on any atom is 0.428 e. The highest BCUT2D eigenvalue weighted by Crippen LogP contribution is 2.24. The van der Waals surface area contributed by atoms with Gasteiger partial charge in [-0.05, 0) is 38.5 Å². The molecule has 0 radical (unpaired) electrons. The molecule has 1 aliphatic heterocycles. The number of hydrazone groups is 1. The lowest BCUT2D eigenvalue weighted by atomic mass is 10.0. The molecule has 1 atom stereocenters.